The molecule has 0 bridgehead atoms. The van der Waals surface area contributed by atoms with E-state index in [0.717, 1.165) is 23.3 Å². The van der Waals surface area contributed by atoms with Crippen LogP contribution in [0.15, 0.2) is 0 Å². The molecule has 0 nitrogen and oxygen atoms in total. The van der Waals surface area contributed by atoms with Gasteiger partial charge >= 0.3 is 0 Å². The summed E-state index contributed by atoms with van der Waals surface area (Å²) in [6.07, 6.45) is 20.4. The van der Waals surface area contributed by atoms with Crippen molar-refractivity contribution in [1.29, 1.82) is 0 Å². The summed E-state index contributed by atoms with van der Waals surface area (Å²) >= 11 is 0. The Kier molecular flexibility index (Phi) is 7.36. The standard InChI is InChI=1S/C25H48Si/c1-6-22(5)26(23-13-7-19(2)8-14-23,24-15-9-20(3)10-16-24)25-17-11-21(4)12-18-25/h19-25H,6-18H2,1-5H3. The molecule has 0 spiro atoms. The summed E-state index contributed by atoms with van der Waals surface area (Å²) in [5.74, 6) is 3.02. The van der Waals surface area contributed by atoms with Crippen molar-refractivity contribution in [2.45, 2.75) is 140 Å². The predicted octanol–water partition coefficient (Wildman–Crippen LogP) is 8.98. The lowest BCUT2D eigenvalue weighted by atomic mass is 9.89. The Morgan fingerprint density at radius 1 is 0.577 bits per heavy atom. The third-order valence-corrected chi connectivity index (χ3v) is 17.7. The van der Waals surface area contributed by atoms with Crippen molar-refractivity contribution in [2.75, 3.05) is 0 Å². The van der Waals surface area contributed by atoms with E-state index in [2.05, 4.69) is 34.6 Å². The molecule has 0 aromatic rings. The van der Waals surface area contributed by atoms with E-state index in [0.29, 0.717) is 0 Å². The molecule has 0 aliphatic heterocycles. The zero-order chi connectivity index (χ0) is 18.7. The van der Waals surface area contributed by atoms with Crippen LogP contribution >= 0.6 is 0 Å². The molecule has 1 atom stereocenters. The van der Waals surface area contributed by atoms with Gasteiger partial charge in [-0.1, -0.05) is 118 Å². The minimum Gasteiger partial charge on any atom is -0.0654 e. The maximum Gasteiger partial charge on any atom is 0.0657 e. The Morgan fingerprint density at radius 3 is 1.08 bits per heavy atom. The summed E-state index contributed by atoms with van der Waals surface area (Å²) < 4.78 is 0. The van der Waals surface area contributed by atoms with Crippen LogP contribution in [0.4, 0.5) is 0 Å². The first-order chi connectivity index (χ1) is 12.5. The van der Waals surface area contributed by atoms with Crippen LogP contribution in [0.3, 0.4) is 0 Å². The van der Waals surface area contributed by atoms with Gasteiger partial charge in [-0.15, -0.1) is 0 Å². The Morgan fingerprint density at radius 2 is 0.846 bits per heavy atom. The molecule has 0 heterocycles. The van der Waals surface area contributed by atoms with Crippen LogP contribution in [-0.2, 0) is 0 Å². The van der Waals surface area contributed by atoms with Gasteiger partial charge in [0.15, 0.2) is 0 Å². The summed E-state index contributed by atoms with van der Waals surface area (Å²) in [7, 11) is -1.29. The van der Waals surface area contributed by atoms with Gasteiger partial charge < -0.3 is 0 Å². The molecule has 3 fully saturated rings. The SMILES string of the molecule is CCC(C)[Si](C1CCC(C)CC1)(C1CCC(C)CC1)C1CCC(C)CC1. The van der Waals surface area contributed by atoms with E-state index in [9.17, 15) is 0 Å². The van der Waals surface area contributed by atoms with E-state index in [1.54, 1.807) is 77.0 Å². The molecule has 0 radical (unpaired) electrons. The fraction of sp³-hybridized carbons (Fsp3) is 1.00. The van der Waals surface area contributed by atoms with Gasteiger partial charge in [0.25, 0.3) is 0 Å². The normalized spacial score (nSPS) is 42.8. The Hall–Kier alpha value is 0.217. The van der Waals surface area contributed by atoms with Crippen LogP contribution < -0.4 is 0 Å². The molecule has 0 aromatic heterocycles. The molecule has 1 unspecified atom stereocenters. The summed E-state index contributed by atoms with van der Waals surface area (Å²) in [5.41, 5.74) is 4.58. The first-order valence-corrected chi connectivity index (χ1v) is 14.8. The molecule has 3 rings (SSSR count). The molecule has 0 saturated heterocycles. The van der Waals surface area contributed by atoms with Crippen LogP contribution in [-0.4, -0.2) is 8.07 Å². The molecule has 26 heavy (non-hydrogen) atoms. The molecule has 3 aliphatic carbocycles. The fourth-order valence-corrected chi connectivity index (χ4v) is 17.0. The van der Waals surface area contributed by atoms with Crippen molar-refractivity contribution in [3.8, 4) is 0 Å². The van der Waals surface area contributed by atoms with Crippen molar-refractivity contribution in [2.24, 2.45) is 17.8 Å². The third kappa shape index (κ3) is 4.13. The van der Waals surface area contributed by atoms with Crippen molar-refractivity contribution < 1.29 is 0 Å². The zero-order valence-electron chi connectivity index (χ0n) is 18.7. The number of hydrogen-bond acceptors (Lipinski definition) is 0. The van der Waals surface area contributed by atoms with Crippen molar-refractivity contribution >= 4 is 8.07 Å². The highest BCUT2D eigenvalue weighted by Crippen LogP contribution is 2.62. The molecular weight excluding hydrogens is 328 g/mol. The van der Waals surface area contributed by atoms with Gasteiger partial charge in [-0.3, -0.25) is 0 Å². The van der Waals surface area contributed by atoms with E-state index in [4.69, 9.17) is 0 Å². The van der Waals surface area contributed by atoms with E-state index in [-0.39, 0.29) is 0 Å². The average Bonchev–Trinajstić information content (AvgIpc) is 2.66. The van der Waals surface area contributed by atoms with Gasteiger partial charge in [0.05, 0.1) is 8.07 Å². The maximum atomic E-state index is 2.74. The predicted molar refractivity (Wildman–Crippen MR) is 120 cm³/mol. The smallest absolute Gasteiger partial charge is 0.0654 e. The van der Waals surface area contributed by atoms with E-state index in [1.807, 2.05) is 0 Å². The molecule has 1 heteroatoms. The van der Waals surface area contributed by atoms with Gasteiger partial charge in [-0.25, -0.2) is 0 Å². The summed E-state index contributed by atoms with van der Waals surface area (Å²) in [5, 5.41) is 0. The monoisotopic (exact) mass is 376 g/mol. The molecule has 3 saturated carbocycles. The van der Waals surface area contributed by atoms with E-state index < -0.39 is 8.07 Å². The Labute approximate surface area is 166 Å². The van der Waals surface area contributed by atoms with Crippen LogP contribution in [0, 0.1) is 17.8 Å². The van der Waals surface area contributed by atoms with Crippen molar-refractivity contribution in [1.82, 2.24) is 0 Å². The van der Waals surface area contributed by atoms with Gasteiger partial charge in [0, 0.05) is 0 Å². The fourth-order valence-electron chi connectivity index (χ4n) is 7.84. The lowest BCUT2D eigenvalue weighted by molar-refractivity contribution is 0.322. The quantitative estimate of drug-likeness (QED) is 0.420. The maximum absolute atomic E-state index is 2.74. The van der Waals surface area contributed by atoms with Crippen LogP contribution in [0.25, 0.3) is 0 Å². The zero-order valence-corrected chi connectivity index (χ0v) is 19.7. The second kappa shape index (κ2) is 9.14. The van der Waals surface area contributed by atoms with Crippen molar-refractivity contribution in [3.05, 3.63) is 0 Å². The summed E-state index contributed by atoms with van der Waals surface area (Å²) in [6, 6.07) is 0. The first-order valence-electron chi connectivity index (χ1n) is 12.5. The highest BCUT2D eigenvalue weighted by molar-refractivity contribution is 6.85. The Balaban J connectivity index is 1.93. The second-order valence-electron chi connectivity index (χ2n) is 11.2. The summed E-state index contributed by atoms with van der Waals surface area (Å²) in [4.78, 5) is 0. The Bertz CT molecular complexity index is 351. The minimum atomic E-state index is -1.29. The number of rotatable bonds is 5. The largest absolute Gasteiger partial charge is 0.0657 e. The minimum absolute atomic E-state index is 1.01. The molecular formula is C25H48Si. The van der Waals surface area contributed by atoms with Crippen LogP contribution in [0.5, 0.6) is 0 Å². The molecule has 3 aliphatic rings. The summed E-state index contributed by atoms with van der Waals surface area (Å²) in [6.45, 7) is 12.8. The van der Waals surface area contributed by atoms with Gasteiger partial charge in [0.1, 0.15) is 0 Å². The van der Waals surface area contributed by atoms with E-state index >= 15 is 0 Å². The van der Waals surface area contributed by atoms with Gasteiger partial charge in [0.2, 0.25) is 0 Å². The van der Waals surface area contributed by atoms with Crippen molar-refractivity contribution in [3.63, 3.8) is 0 Å². The molecule has 152 valence electrons. The van der Waals surface area contributed by atoms with E-state index in [1.165, 1.54) is 23.0 Å². The van der Waals surface area contributed by atoms with Gasteiger partial charge in [-0.05, 0) is 39.9 Å². The average molecular weight is 377 g/mol. The third-order valence-electron chi connectivity index (χ3n) is 9.63. The lowest BCUT2D eigenvalue weighted by Gasteiger charge is -2.57. The molecule has 0 aromatic carbocycles. The second-order valence-corrected chi connectivity index (χ2v) is 16.6. The molecule has 0 N–H and O–H groups in total. The molecule has 0 amide bonds. The highest BCUT2D eigenvalue weighted by Gasteiger charge is 2.55. The topological polar surface area (TPSA) is 0 Å². The lowest BCUT2D eigenvalue weighted by Crippen LogP contribution is -2.54. The number of hydrogen-bond donors (Lipinski definition) is 0. The highest BCUT2D eigenvalue weighted by atomic mass is 28.3. The first kappa shape index (κ1) is 20.9. The van der Waals surface area contributed by atoms with Crippen LogP contribution in [0.2, 0.25) is 22.2 Å². The van der Waals surface area contributed by atoms with Gasteiger partial charge in [-0.2, -0.15) is 0 Å². The van der Waals surface area contributed by atoms with Crippen LogP contribution in [0.1, 0.15) is 118 Å².